The third kappa shape index (κ3) is 2.11. The first kappa shape index (κ1) is 11.2. The summed E-state index contributed by atoms with van der Waals surface area (Å²) in [6.07, 6.45) is 0. The Morgan fingerprint density at radius 1 is 1.18 bits per heavy atom. The number of anilines is 1. The standard InChI is InChI=1S/C14H13N3/c1-10-5-3-4-6-12(10)13-8-7-11(9-15)14(16-2)17-13/h3-8H,1-2H3,(H,16,17). The summed E-state index contributed by atoms with van der Waals surface area (Å²) < 4.78 is 0. The van der Waals surface area contributed by atoms with Crippen LogP contribution in [0.5, 0.6) is 0 Å². The summed E-state index contributed by atoms with van der Waals surface area (Å²) in [5.74, 6) is 0.619. The number of aromatic nitrogens is 1. The molecule has 84 valence electrons. The lowest BCUT2D eigenvalue weighted by atomic mass is 10.0. The van der Waals surface area contributed by atoms with E-state index < -0.39 is 0 Å². The third-order valence-corrected chi connectivity index (χ3v) is 2.67. The van der Waals surface area contributed by atoms with Crippen molar-refractivity contribution in [3.63, 3.8) is 0 Å². The molecule has 0 aliphatic carbocycles. The molecule has 0 saturated heterocycles. The van der Waals surface area contributed by atoms with Gasteiger partial charge in [0.15, 0.2) is 0 Å². The smallest absolute Gasteiger partial charge is 0.144 e. The van der Waals surface area contributed by atoms with E-state index in [2.05, 4.69) is 16.4 Å². The maximum absolute atomic E-state index is 8.94. The Hall–Kier alpha value is -2.34. The van der Waals surface area contributed by atoms with Gasteiger partial charge in [-0.15, -0.1) is 0 Å². The predicted molar refractivity (Wildman–Crippen MR) is 68.7 cm³/mol. The van der Waals surface area contributed by atoms with Crippen LogP contribution in [0.4, 0.5) is 5.82 Å². The topological polar surface area (TPSA) is 48.7 Å². The zero-order valence-electron chi connectivity index (χ0n) is 9.86. The summed E-state index contributed by atoms with van der Waals surface area (Å²) in [4.78, 5) is 4.46. The zero-order chi connectivity index (χ0) is 12.3. The van der Waals surface area contributed by atoms with Crippen LogP contribution in [0.2, 0.25) is 0 Å². The summed E-state index contributed by atoms with van der Waals surface area (Å²) in [6, 6.07) is 13.9. The fourth-order valence-electron chi connectivity index (χ4n) is 1.75. The molecular weight excluding hydrogens is 210 g/mol. The van der Waals surface area contributed by atoms with Crippen LogP contribution in [0, 0.1) is 18.3 Å². The lowest BCUT2D eigenvalue weighted by Crippen LogP contribution is -1.98. The first-order valence-corrected chi connectivity index (χ1v) is 5.41. The van der Waals surface area contributed by atoms with Gasteiger partial charge >= 0.3 is 0 Å². The lowest BCUT2D eigenvalue weighted by molar-refractivity contribution is 1.26. The molecular formula is C14H13N3. The van der Waals surface area contributed by atoms with Crippen LogP contribution in [-0.4, -0.2) is 12.0 Å². The van der Waals surface area contributed by atoms with Gasteiger partial charge in [0.1, 0.15) is 11.9 Å². The van der Waals surface area contributed by atoms with E-state index in [-0.39, 0.29) is 0 Å². The van der Waals surface area contributed by atoms with E-state index in [0.29, 0.717) is 11.4 Å². The first-order chi connectivity index (χ1) is 8.26. The Bertz CT molecular complexity index is 582. The molecule has 1 heterocycles. The number of nitrogens with one attached hydrogen (secondary N) is 1. The highest BCUT2D eigenvalue weighted by Gasteiger charge is 2.06. The van der Waals surface area contributed by atoms with Gasteiger partial charge in [0, 0.05) is 12.6 Å². The van der Waals surface area contributed by atoms with Crippen molar-refractivity contribution in [3.8, 4) is 17.3 Å². The average molecular weight is 223 g/mol. The maximum atomic E-state index is 8.94. The second-order valence-corrected chi connectivity index (χ2v) is 3.77. The SMILES string of the molecule is CNc1nc(-c2ccccc2C)ccc1C#N. The number of pyridine rings is 1. The molecule has 0 aliphatic rings. The Kier molecular flexibility index (Phi) is 3.06. The molecule has 0 radical (unpaired) electrons. The largest absolute Gasteiger partial charge is 0.372 e. The van der Waals surface area contributed by atoms with Crippen LogP contribution in [0.3, 0.4) is 0 Å². The van der Waals surface area contributed by atoms with Crippen LogP contribution in [-0.2, 0) is 0 Å². The third-order valence-electron chi connectivity index (χ3n) is 2.67. The minimum absolute atomic E-state index is 0.560. The number of benzene rings is 1. The van der Waals surface area contributed by atoms with Crippen molar-refractivity contribution < 1.29 is 0 Å². The van der Waals surface area contributed by atoms with E-state index in [0.717, 1.165) is 11.3 Å². The van der Waals surface area contributed by atoms with Crippen molar-refractivity contribution >= 4 is 5.82 Å². The molecule has 0 spiro atoms. The van der Waals surface area contributed by atoms with Crippen molar-refractivity contribution in [3.05, 3.63) is 47.5 Å². The predicted octanol–water partition coefficient (Wildman–Crippen LogP) is 2.97. The molecule has 0 aliphatic heterocycles. The minimum Gasteiger partial charge on any atom is -0.372 e. The molecule has 0 fully saturated rings. The summed E-state index contributed by atoms with van der Waals surface area (Å²) in [5, 5.41) is 11.9. The van der Waals surface area contributed by atoms with E-state index in [1.54, 1.807) is 13.1 Å². The van der Waals surface area contributed by atoms with E-state index >= 15 is 0 Å². The van der Waals surface area contributed by atoms with Crippen LogP contribution >= 0.6 is 0 Å². The molecule has 2 rings (SSSR count). The molecule has 0 atom stereocenters. The van der Waals surface area contributed by atoms with Crippen molar-refractivity contribution in [2.24, 2.45) is 0 Å². The molecule has 17 heavy (non-hydrogen) atoms. The van der Waals surface area contributed by atoms with Crippen LogP contribution < -0.4 is 5.32 Å². The van der Waals surface area contributed by atoms with Gasteiger partial charge in [-0.05, 0) is 24.6 Å². The number of hydrogen-bond donors (Lipinski definition) is 1. The van der Waals surface area contributed by atoms with Gasteiger partial charge in [-0.25, -0.2) is 4.98 Å². The van der Waals surface area contributed by atoms with E-state index in [1.807, 2.05) is 37.3 Å². The molecule has 1 N–H and O–H groups in total. The second-order valence-electron chi connectivity index (χ2n) is 3.77. The van der Waals surface area contributed by atoms with Crippen molar-refractivity contribution in [1.82, 2.24) is 4.98 Å². The molecule has 3 heteroatoms. The maximum Gasteiger partial charge on any atom is 0.144 e. The number of aryl methyl sites for hydroxylation is 1. The van der Waals surface area contributed by atoms with E-state index in [1.165, 1.54) is 5.56 Å². The van der Waals surface area contributed by atoms with Crippen molar-refractivity contribution in [1.29, 1.82) is 5.26 Å². The summed E-state index contributed by atoms with van der Waals surface area (Å²) in [6.45, 7) is 2.05. The Morgan fingerprint density at radius 3 is 2.59 bits per heavy atom. The molecule has 0 unspecified atom stereocenters. The second kappa shape index (κ2) is 4.67. The Balaban J connectivity index is 2.55. The van der Waals surface area contributed by atoms with Gasteiger partial charge < -0.3 is 5.32 Å². The minimum atomic E-state index is 0.560. The van der Waals surface area contributed by atoms with Gasteiger partial charge in [0.25, 0.3) is 0 Å². The summed E-state index contributed by atoms with van der Waals surface area (Å²) in [7, 11) is 1.77. The van der Waals surface area contributed by atoms with Crippen molar-refractivity contribution in [2.45, 2.75) is 6.92 Å². The van der Waals surface area contributed by atoms with E-state index in [9.17, 15) is 0 Å². The average Bonchev–Trinajstić information content (AvgIpc) is 2.38. The zero-order valence-corrected chi connectivity index (χ0v) is 9.86. The fraction of sp³-hybridized carbons (Fsp3) is 0.143. The highest BCUT2D eigenvalue weighted by atomic mass is 15.0. The molecule has 1 aromatic heterocycles. The van der Waals surface area contributed by atoms with Gasteiger partial charge in [-0.1, -0.05) is 24.3 Å². The number of hydrogen-bond acceptors (Lipinski definition) is 3. The molecule has 1 aromatic carbocycles. The Labute approximate surface area is 101 Å². The van der Waals surface area contributed by atoms with Crippen molar-refractivity contribution in [2.75, 3.05) is 12.4 Å². The van der Waals surface area contributed by atoms with Gasteiger partial charge in [-0.3, -0.25) is 0 Å². The molecule has 0 bridgehead atoms. The normalized spacial score (nSPS) is 9.71. The highest BCUT2D eigenvalue weighted by Crippen LogP contribution is 2.23. The van der Waals surface area contributed by atoms with Gasteiger partial charge in [0.05, 0.1) is 11.3 Å². The quantitative estimate of drug-likeness (QED) is 0.851. The Morgan fingerprint density at radius 2 is 1.94 bits per heavy atom. The summed E-state index contributed by atoms with van der Waals surface area (Å²) in [5.41, 5.74) is 3.71. The van der Waals surface area contributed by atoms with Crippen LogP contribution in [0.15, 0.2) is 36.4 Å². The van der Waals surface area contributed by atoms with Crippen LogP contribution in [0.25, 0.3) is 11.3 Å². The number of rotatable bonds is 2. The molecule has 3 nitrogen and oxygen atoms in total. The van der Waals surface area contributed by atoms with Crippen LogP contribution in [0.1, 0.15) is 11.1 Å². The highest BCUT2D eigenvalue weighted by molar-refractivity contribution is 5.67. The van der Waals surface area contributed by atoms with E-state index in [4.69, 9.17) is 5.26 Å². The lowest BCUT2D eigenvalue weighted by Gasteiger charge is -2.08. The molecule has 2 aromatic rings. The number of nitrogens with zero attached hydrogens (tertiary/aromatic N) is 2. The molecule has 0 saturated carbocycles. The van der Waals surface area contributed by atoms with Gasteiger partial charge in [-0.2, -0.15) is 5.26 Å². The summed E-state index contributed by atoms with van der Waals surface area (Å²) >= 11 is 0. The fourth-order valence-corrected chi connectivity index (χ4v) is 1.75. The van der Waals surface area contributed by atoms with Gasteiger partial charge in [0.2, 0.25) is 0 Å². The monoisotopic (exact) mass is 223 g/mol. The molecule has 0 amide bonds. The number of nitriles is 1. The first-order valence-electron chi connectivity index (χ1n) is 5.41.